The van der Waals surface area contributed by atoms with E-state index in [-0.39, 0.29) is 43.8 Å². The average Bonchev–Trinajstić information content (AvgIpc) is 0.922. The minimum absolute atomic E-state index is 0.0323. The largest absolute Gasteiger partial charge is 0.501 e. The maximum atomic E-state index is 14.6. The molecule has 21 nitrogen and oxygen atoms in total. The number of aliphatic hydroxyl groups excluding tert-OH is 1. The summed E-state index contributed by atoms with van der Waals surface area (Å²) in [6.07, 6.45) is 2.57. The number of sulfonamides is 1. The fraction of sp³-hybridized carbons (Fsp3) is 0.487. The summed E-state index contributed by atoms with van der Waals surface area (Å²) in [5.74, 6) is -2.20. The Kier molecular flexibility index (Phi) is 27.2. The molecule has 5 aromatic carbocycles. The van der Waals surface area contributed by atoms with Crippen molar-refractivity contribution in [1.29, 1.82) is 0 Å². The number of sulfone groups is 1. The third-order valence-electron chi connectivity index (χ3n) is 19.8. The van der Waals surface area contributed by atoms with E-state index in [2.05, 4.69) is 66.5 Å². The number of halogens is 4. The summed E-state index contributed by atoms with van der Waals surface area (Å²) >= 11 is 9.20. The van der Waals surface area contributed by atoms with E-state index < -0.39 is 100 Å². The molecule has 1 aliphatic carbocycles. The first-order valence-electron chi connectivity index (χ1n) is 35.5. The molecule has 2 unspecified atom stereocenters. The highest BCUT2D eigenvalue weighted by molar-refractivity contribution is 7.99. The number of rotatable bonds is 30. The van der Waals surface area contributed by atoms with Crippen LogP contribution in [0.2, 0.25) is 5.02 Å². The van der Waals surface area contributed by atoms with E-state index in [1.807, 2.05) is 85.3 Å². The van der Waals surface area contributed by atoms with E-state index in [0.29, 0.717) is 82.2 Å². The summed E-state index contributed by atoms with van der Waals surface area (Å²) in [4.78, 5) is 69.4. The maximum absolute atomic E-state index is 14.6. The van der Waals surface area contributed by atoms with Crippen LogP contribution in [0.25, 0.3) is 16.0 Å². The normalized spacial score (nSPS) is 18.9. The predicted molar refractivity (Wildman–Crippen MR) is 406 cm³/mol. The first kappa shape index (κ1) is 80.6. The number of β-amino-alcohol motifs (C(OH)–C–C–N with tert-alkyl or cyclic N) is 1. The van der Waals surface area contributed by atoms with E-state index in [1.54, 1.807) is 49.8 Å². The average molecular weight is 1550 g/mol. The minimum atomic E-state index is -6.16. The van der Waals surface area contributed by atoms with Gasteiger partial charge in [-0.05, 0) is 139 Å². The molecule has 4 heterocycles. The SMILES string of the molecule is Cc1ncsc1-c1ccc([C@H](C)NC(=O)[C@@H]2C[C@@H](O)CN2C(=O)C(NC(=O)COCCOCCN2CCN(CCC(CSc3ccccc3)Nc3ccc(S(=O)(=O)NC(=O)c4ccc(N5CCN(CC6=C(c7ccc(Cl)cc7)CCC(C)(C)C6)CC5)cc4)cc3S(=O)(=O)C(F)(F)F)CC2)C(C)(C)C)cc1. The number of aromatic nitrogens is 1. The van der Waals surface area contributed by atoms with Gasteiger partial charge < -0.3 is 45.2 Å². The monoisotopic (exact) mass is 1540 g/mol. The summed E-state index contributed by atoms with van der Waals surface area (Å²) in [6.45, 7) is 21.6. The van der Waals surface area contributed by atoms with Crippen LogP contribution in [0, 0.1) is 17.8 Å². The van der Waals surface area contributed by atoms with Gasteiger partial charge in [-0.25, -0.2) is 26.5 Å². The number of ether oxygens (including phenoxy) is 2. The Labute approximate surface area is 628 Å². The molecule has 105 heavy (non-hydrogen) atoms. The summed E-state index contributed by atoms with van der Waals surface area (Å²) in [5, 5.41) is 20.3. The number of nitrogens with one attached hydrogen (secondary N) is 4. The van der Waals surface area contributed by atoms with Crippen molar-refractivity contribution >= 4 is 95.1 Å². The van der Waals surface area contributed by atoms with Gasteiger partial charge in [-0.15, -0.1) is 23.1 Å². The lowest BCUT2D eigenvalue weighted by Gasteiger charge is -2.39. The zero-order valence-corrected chi connectivity index (χ0v) is 64.4. The van der Waals surface area contributed by atoms with Gasteiger partial charge in [-0.3, -0.25) is 29.0 Å². The lowest BCUT2D eigenvalue weighted by molar-refractivity contribution is -0.144. The van der Waals surface area contributed by atoms with E-state index in [4.69, 9.17) is 21.1 Å². The maximum Gasteiger partial charge on any atom is 0.501 e. The number of nitrogens with zero attached hydrogens (tertiary/aromatic N) is 6. The highest BCUT2D eigenvalue weighted by Crippen LogP contribution is 2.44. The number of alkyl halides is 3. The fourth-order valence-corrected chi connectivity index (χ4v) is 17.7. The molecule has 10 rings (SSSR count). The van der Waals surface area contributed by atoms with Crippen LogP contribution in [0.4, 0.5) is 24.5 Å². The van der Waals surface area contributed by atoms with Gasteiger partial charge in [0.25, 0.3) is 25.8 Å². The van der Waals surface area contributed by atoms with Crippen LogP contribution in [0.5, 0.6) is 0 Å². The van der Waals surface area contributed by atoms with Crippen molar-refractivity contribution < 1.29 is 63.8 Å². The molecular formula is C76H96ClF3N10O11S4. The number of amides is 4. The molecule has 4 amide bonds. The number of allylic oxidation sites excluding steroid dienone is 1. The highest BCUT2D eigenvalue weighted by atomic mass is 35.5. The number of carbonyl (C=O) groups excluding carboxylic acids is 4. The molecule has 0 radical (unpaired) electrons. The van der Waals surface area contributed by atoms with Crippen molar-refractivity contribution in [3.05, 3.63) is 160 Å². The third kappa shape index (κ3) is 21.7. The Hall–Kier alpha value is -6.96. The first-order chi connectivity index (χ1) is 49.8. The minimum Gasteiger partial charge on any atom is -0.391 e. The Bertz CT molecular complexity index is 4230. The van der Waals surface area contributed by atoms with Crippen molar-refractivity contribution in [2.75, 3.05) is 121 Å². The number of thioether (sulfide) groups is 1. The van der Waals surface area contributed by atoms with Crippen molar-refractivity contribution in [2.45, 2.75) is 131 Å². The van der Waals surface area contributed by atoms with Gasteiger partial charge in [0.1, 0.15) is 23.6 Å². The van der Waals surface area contributed by atoms with E-state index in [1.165, 1.54) is 45.5 Å². The van der Waals surface area contributed by atoms with Crippen LogP contribution in [0.15, 0.2) is 147 Å². The molecule has 0 saturated carbocycles. The molecule has 1 aromatic heterocycles. The van der Waals surface area contributed by atoms with Gasteiger partial charge >= 0.3 is 5.51 Å². The highest BCUT2D eigenvalue weighted by Gasteiger charge is 2.49. The summed E-state index contributed by atoms with van der Waals surface area (Å²) < 4.78 is 112. The third-order valence-corrected chi connectivity index (χ3v) is 25.0. The van der Waals surface area contributed by atoms with Crippen molar-refractivity contribution in [2.24, 2.45) is 10.8 Å². The molecule has 4 aliphatic rings. The number of hydrogen-bond donors (Lipinski definition) is 5. The molecule has 0 bridgehead atoms. The number of piperazine rings is 2. The van der Waals surface area contributed by atoms with Gasteiger partial charge in [0.2, 0.25) is 17.7 Å². The van der Waals surface area contributed by atoms with Crippen molar-refractivity contribution in [3.63, 3.8) is 0 Å². The number of aliphatic hydroxyl groups is 1. The van der Waals surface area contributed by atoms with Gasteiger partial charge in [0.15, 0.2) is 0 Å². The number of anilines is 2. The molecule has 3 aliphatic heterocycles. The van der Waals surface area contributed by atoms with Gasteiger partial charge in [0.05, 0.1) is 58.6 Å². The first-order valence-corrected chi connectivity index (χ1v) is 40.7. The van der Waals surface area contributed by atoms with Crippen LogP contribution >= 0.6 is 34.7 Å². The number of aryl methyl sites for hydroxylation is 1. The Morgan fingerprint density at radius 2 is 1.44 bits per heavy atom. The van der Waals surface area contributed by atoms with Gasteiger partial charge in [0, 0.05) is 118 Å². The zero-order chi connectivity index (χ0) is 75.4. The van der Waals surface area contributed by atoms with E-state index >= 15 is 0 Å². The number of carbonyl (C=O) groups is 4. The molecule has 6 aromatic rings. The van der Waals surface area contributed by atoms with Gasteiger partial charge in [-0.2, -0.15) is 13.2 Å². The second-order valence-electron chi connectivity index (χ2n) is 29.3. The van der Waals surface area contributed by atoms with E-state index in [0.717, 1.165) is 83.3 Å². The van der Waals surface area contributed by atoms with Crippen LogP contribution in [-0.4, -0.2) is 211 Å². The summed E-state index contributed by atoms with van der Waals surface area (Å²) in [5.41, 5.74) is 2.57. The molecule has 29 heteroatoms. The predicted octanol–water partition coefficient (Wildman–Crippen LogP) is 11.0. The second-order valence-corrected chi connectivity index (χ2v) is 35.2. The number of hydrogen-bond acceptors (Lipinski definition) is 19. The lowest BCUT2D eigenvalue weighted by Crippen LogP contribution is -2.58. The zero-order valence-electron chi connectivity index (χ0n) is 60.4. The van der Waals surface area contributed by atoms with Gasteiger partial charge in [-0.1, -0.05) is 106 Å². The van der Waals surface area contributed by atoms with Crippen molar-refractivity contribution in [3.8, 4) is 10.4 Å². The van der Waals surface area contributed by atoms with Crippen LogP contribution in [0.3, 0.4) is 0 Å². The Morgan fingerprint density at radius 1 is 0.790 bits per heavy atom. The van der Waals surface area contributed by atoms with E-state index in [9.17, 15) is 54.3 Å². The summed E-state index contributed by atoms with van der Waals surface area (Å²) in [7, 11) is -11.1. The quantitative estimate of drug-likeness (QED) is 0.0208. The summed E-state index contributed by atoms with van der Waals surface area (Å²) in [6, 6.07) is 30.9. The second kappa shape index (κ2) is 35.4. The van der Waals surface area contributed by atoms with Crippen LogP contribution in [0.1, 0.15) is 107 Å². The Morgan fingerprint density at radius 3 is 2.09 bits per heavy atom. The topological polar surface area (TPSA) is 252 Å². The van der Waals surface area contributed by atoms with Crippen LogP contribution < -0.4 is 25.6 Å². The van der Waals surface area contributed by atoms with Crippen LogP contribution in [-0.2, 0) is 43.7 Å². The fourth-order valence-electron chi connectivity index (χ4n) is 13.7. The standard InChI is InChI=1S/C76H96ClF3N10O11S4/c1-51(53-13-15-55(16-14-53)69-52(2)81-50-103-69)82-72(94)66-43-61(91)47-90(66)73(95)70(74(3,4)5)84-68(92)48-101-42-41-100-40-39-87-33-31-86(32-34-87)30-28-59(49-102-62-11-9-8-10-12-62)83-65-26-25-63(44-67(65)104(96,97)76(78,79)80)105(98,99)85-71(93)56-19-23-60(24-20-56)89-37-35-88(36-38-89)46-57-45-75(6,7)29-27-64(57)54-17-21-58(77)22-18-54/h8-26,44,50-51,59,61,66,70,83,91H,27-43,45-49H2,1-7H3,(H,82,94)(H,84,92)(H,85,93)/t51-,59?,61+,66-,70?/m0/s1. The molecule has 3 fully saturated rings. The number of likely N-dealkylation sites (tertiary alicyclic amines) is 1. The molecule has 0 spiro atoms. The Balaban J connectivity index is 0.671. The lowest BCUT2D eigenvalue weighted by atomic mass is 9.73. The molecule has 5 atom stereocenters. The number of benzene rings is 5. The molecular weight excluding hydrogens is 1450 g/mol. The molecule has 5 N–H and O–H groups in total. The molecule has 568 valence electrons. The molecule has 3 saturated heterocycles. The smallest absolute Gasteiger partial charge is 0.391 e. The number of thiazole rings is 1. The van der Waals surface area contributed by atoms with Crippen molar-refractivity contribution in [1.82, 2.24) is 39.9 Å².